The number of anilines is 1. The summed E-state index contributed by atoms with van der Waals surface area (Å²) in [7, 11) is 0. The molecule has 4 rings (SSSR count). The van der Waals surface area contributed by atoms with Crippen molar-refractivity contribution in [3.8, 4) is 0 Å². The fourth-order valence-corrected chi connectivity index (χ4v) is 3.55. The van der Waals surface area contributed by atoms with E-state index >= 15 is 0 Å². The monoisotopic (exact) mass is 454 g/mol. The Hall–Kier alpha value is -3.15. The fraction of sp³-hybridized carbons (Fsp3) is 0.500. The average Bonchev–Trinajstić information content (AvgIpc) is 3.13. The van der Waals surface area contributed by atoms with E-state index in [9.17, 15) is 18.0 Å². The van der Waals surface area contributed by atoms with Crippen molar-refractivity contribution < 1.29 is 27.9 Å². The second-order valence-corrected chi connectivity index (χ2v) is 7.63. The second-order valence-electron chi connectivity index (χ2n) is 7.63. The maximum atomic E-state index is 12.4. The highest BCUT2D eigenvalue weighted by molar-refractivity contribution is 5.94. The highest BCUT2D eigenvalue weighted by Crippen LogP contribution is 2.20. The number of halogens is 3. The van der Waals surface area contributed by atoms with Crippen LogP contribution in [0.5, 0.6) is 0 Å². The number of nitrogens with one attached hydrogen (secondary N) is 2. The van der Waals surface area contributed by atoms with Gasteiger partial charge in [-0.25, -0.2) is 9.78 Å². The van der Waals surface area contributed by atoms with Gasteiger partial charge in [0.05, 0.1) is 30.0 Å². The van der Waals surface area contributed by atoms with Crippen LogP contribution in [0.1, 0.15) is 34.6 Å². The highest BCUT2D eigenvalue weighted by atomic mass is 19.4. The molecular weight excluding hydrogens is 429 g/mol. The minimum atomic E-state index is -5.08. The normalized spacial score (nSPS) is 16.6. The van der Waals surface area contributed by atoms with Gasteiger partial charge in [-0.15, -0.1) is 0 Å². The third kappa shape index (κ3) is 6.19. The molecule has 2 aromatic heterocycles. The molecule has 32 heavy (non-hydrogen) atoms. The zero-order valence-electron chi connectivity index (χ0n) is 17.5. The number of piperidine rings is 1. The first kappa shape index (κ1) is 23.5. The Kier molecular flexibility index (Phi) is 7.33. The zero-order valence-corrected chi connectivity index (χ0v) is 17.5. The van der Waals surface area contributed by atoms with E-state index in [2.05, 4.69) is 36.4 Å². The number of nitrogens with zero attached hydrogens (tertiary/aromatic N) is 4. The number of hydrogen-bond acceptors (Lipinski definition) is 6. The molecule has 0 spiro atoms. The lowest BCUT2D eigenvalue weighted by atomic mass is 10.1. The van der Waals surface area contributed by atoms with E-state index < -0.39 is 12.1 Å². The number of rotatable bonds is 3. The summed E-state index contributed by atoms with van der Waals surface area (Å²) in [5, 5.41) is 18.0. The second kappa shape index (κ2) is 9.98. The topological polar surface area (TPSA) is 112 Å². The van der Waals surface area contributed by atoms with Gasteiger partial charge in [0, 0.05) is 18.8 Å². The molecule has 1 saturated heterocycles. The molecule has 174 valence electrons. The van der Waals surface area contributed by atoms with Crippen LogP contribution in [-0.2, 0) is 17.9 Å². The molecule has 1 amide bonds. The summed E-state index contributed by atoms with van der Waals surface area (Å²) in [6, 6.07) is 6.19. The van der Waals surface area contributed by atoms with Crippen molar-refractivity contribution in [1.29, 1.82) is 0 Å². The van der Waals surface area contributed by atoms with Gasteiger partial charge in [-0.3, -0.25) is 9.48 Å². The molecular formula is C20H25F3N6O3. The SMILES string of the molecule is Cc1cc2n(n1)CCN(c1ccc(C(=O)NC3CCNCC3)cn1)C2.O=C(O)C(F)(F)F. The molecule has 4 heterocycles. The van der Waals surface area contributed by atoms with Gasteiger partial charge in [0.2, 0.25) is 0 Å². The average molecular weight is 454 g/mol. The number of aromatic nitrogens is 3. The third-order valence-electron chi connectivity index (χ3n) is 5.17. The summed E-state index contributed by atoms with van der Waals surface area (Å²) >= 11 is 0. The van der Waals surface area contributed by atoms with E-state index in [1.165, 1.54) is 5.69 Å². The summed E-state index contributed by atoms with van der Waals surface area (Å²) in [5.74, 6) is -1.88. The molecule has 0 atom stereocenters. The van der Waals surface area contributed by atoms with Gasteiger partial charge < -0.3 is 20.6 Å². The first-order valence-corrected chi connectivity index (χ1v) is 10.2. The summed E-state index contributed by atoms with van der Waals surface area (Å²) in [5.41, 5.74) is 2.88. The third-order valence-corrected chi connectivity index (χ3v) is 5.17. The van der Waals surface area contributed by atoms with E-state index in [0.717, 1.165) is 57.1 Å². The quantitative estimate of drug-likeness (QED) is 0.647. The number of pyridine rings is 1. The molecule has 0 saturated carbocycles. The van der Waals surface area contributed by atoms with Crippen molar-refractivity contribution in [2.75, 3.05) is 24.5 Å². The Balaban J connectivity index is 0.000000360. The predicted molar refractivity (Wildman–Crippen MR) is 109 cm³/mol. The summed E-state index contributed by atoms with van der Waals surface area (Å²) in [6.45, 7) is 6.49. The first-order chi connectivity index (χ1) is 15.1. The molecule has 2 aromatic rings. The summed E-state index contributed by atoms with van der Waals surface area (Å²) < 4.78 is 33.8. The van der Waals surface area contributed by atoms with Gasteiger partial charge in [0.25, 0.3) is 5.91 Å². The number of carbonyl (C=O) groups is 2. The maximum Gasteiger partial charge on any atom is 0.490 e. The fourth-order valence-electron chi connectivity index (χ4n) is 3.55. The van der Waals surface area contributed by atoms with E-state index in [-0.39, 0.29) is 11.9 Å². The molecule has 0 unspecified atom stereocenters. The lowest BCUT2D eigenvalue weighted by molar-refractivity contribution is -0.192. The molecule has 0 bridgehead atoms. The molecule has 0 radical (unpaired) electrons. The number of carboxylic acids is 1. The van der Waals surface area contributed by atoms with Crippen molar-refractivity contribution in [2.24, 2.45) is 0 Å². The molecule has 0 aromatic carbocycles. The Morgan fingerprint density at radius 2 is 1.91 bits per heavy atom. The first-order valence-electron chi connectivity index (χ1n) is 10.2. The van der Waals surface area contributed by atoms with E-state index in [1.54, 1.807) is 6.20 Å². The molecule has 2 aliphatic heterocycles. The number of amides is 1. The van der Waals surface area contributed by atoms with Crippen LogP contribution in [0, 0.1) is 6.92 Å². The zero-order chi connectivity index (χ0) is 23.3. The Bertz CT molecular complexity index is 939. The molecule has 3 N–H and O–H groups in total. The van der Waals surface area contributed by atoms with Crippen LogP contribution in [0.15, 0.2) is 24.4 Å². The van der Waals surface area contributed by atoms with Crippen molar-refractivity contribution in [3.63, 3.8) is 0 Å². The Labute approximate surface area is 182 Å². The van der Waals surface area contributed by atoms with Crippen molar-refractivity contribution in [1.82, 2.24) is 25.4 Å². The van der Waals surface area contributed by atoms with Crippen LogP contribution in [-0.4, -0.2) is 63.6 Å². The van der Waals surface area contributed by atoms with E-state index in [1.807, 2.05) is 19.1 Å². The smallest absolute Gasteiger partial charge is 0.475 e. The number of carboxylic acid groups (broad SMARTS) is 1. The lowest BCUT2D eigenvalue weighted by Crippen LogP contribution is -2.42. The molecule has 0 aliphatic carbocycles. The van der Waals surface area contributed by atoms with Crippen LogP contribution < -0.4 is 15.5 Å². The van der Waals surface area contributed by atoms with Crippen LogP contribution in [0.2, 0.25) is 0 Å². The van der Waals surface area contributed by atoms with Gasteiger partial charge in [-0.2, -0.15) is 18.3 Å². The van der Waals surface area contributed by atoms with Gasteiger partial charge in [0.15, 0.2) is 0 Å². The number of hydrogen-bond donors (Lipinski definition) is 3. The van der Waals surface area contributed by atoms with E-state index in [4.69, 9.17) is 9.90 Å². The van der Waals surface area contributed by atoms with Crippen LogP contribution in [0.4, 0.5) is 19.0 Å². The van der Waals surface area contributed by atoms with Gasteiger partial charge in [-0.1, -0.05) is 0 Å². The number of carbonyl (C=O) groups excluding carboxylic acids is 1. The highest BCUT2D eigenvalue weighted by Gasteiger charge is 2.38. The standard InChI is InChI=1S/C18H24N6O.C2HF3O2/c1-13-10-16-12-23(8-9-24(16)22-13)17-3-2-14(11-20-17)18(25)21-15-4-6-19-7-5-15;3-2(4,5)1(6)7/h2-3,10-11,15,19H,4-9,12H2,1H3,(H,21,25);(H,6,7). The van der Waals surface area contributed by atoms with Crippen LogP contribution >= 0.6 is 0 Å². The number of aliphatic carboxylic acids is 1. The summed E-state index contributed by atoms with van der Waals surface area (Å²) in [4.78, 5) is 28.0. The Morgan fingerprint density at radius 1 is 1.22 bits per heavy atom. The maximum absolute atomic E-state index is 12.4. The van der Waals surface area contributed by atoms with Crippen molar-refractivity contribution >= 4 is 17.7 Å². The molecule has 2 aliphatic rings. The largest absolute Gasteiger partial charge is 0.490 e. The van der Waals surface area contributed by atoms with Gasteiger partial charge in [0.1, 0.15) is 5.82 Å². The lowest BCUT2D eigenvalue weighted by Gasteiger charge is -2.28. The van der Waals surface area contributed by atoms with Crippen molar-refractivity contribution in [2.45, 2.75) is 45.1 Å². The number of alkyl halides is 3. The Morgan fingerprint density at radius 3 is 2.50 bits per heavy atom. The molecule has 12 heteroatoms. The van der Waals surface area contributed by atoms with Crippen LogP contribution in [0.25, 0.3) is 0 Å². The number of fused-ring (bicyclic) bond motifs is 1. The molecule has 9 nitrogen and oxygen atoms in total. The minimum Gasteiger partial charge on any atom is -0.475 e. The molecule has 1 fully saturated rings. The number of aryl methyl sites for hydroxylation is 1. The van der Waals surface area contributed by atoms with Crippen molar-refractivity contribution in [3.05, 3.63) is 41.3 Å². The summed E-state index contributed by atoms with van der Waals surface area (Å²) in [6.07, 6.45) is -1.43. The minimum absolute atomic E-state index is 0.0294. The van der Waals surface area contributed by atoms with Gasteiger partial charge >= 0.3 is 12.1 Å². The predicted octanol–water partition coefficient (Wildman–Crippen LogP) is 1.72. The van der Waals surface area contributed by atoms with E-state index in [0.29, 0.717) is 5.56 Å². The van der Waals surface area contributed by atoms with Gasteiger partial charge in [-0.05, 0) is 51.1 Å². The van der Waals surface area contributed by atoms with Crippen LogP contribution in [0.3, 0.4) is 0 Å².